The van der Waals surface area contributed by atoms with Crippen LogP contribution in [0.1, 0.15) is 23.6 Å². The van der Waals surface area contributed by atoms with Crippen molar-refractivity contribution in [1.29, 1.82) is 0 Å². The van der Waals surface area contributed by atoms with Gasteiger partial charge in [0.1, 0.15) is 11.2 Å². The summed E-state index contributed by atoms with van der Waals surface area (Å²) in [6, 6.07) is 14.5. The van der Waals surface area contributed by atoms with E-state index in [1.54, 1.807) is 6.92 Å². The Balaban J connectivity index is 1.66. The van der Waals surface area contributed by atoms with Crippen molar-refractivity contribution in [3.63, 3.8) is 0 Å². The number of aromatic nitrogens is 1. The van der Waals surface area contributed by atoms with E-state index in [9.17, 15) is 9.59 Å². The second-order valence-corrected chi connectivity index (χ2v) is 7.58. The van der Waals surface area contributed by atoms with Crippen molar-refractivity contribution in [3.8, 4) is 0 Å². The first-order valence-corrected chi connectivity index (χ1v) is 9.50. The minimum atomic E-state index is -0.565. The molecule has 28 heavy (non-hydrogen) atoms. The molecule has 0 aliphatic carbocycles. The highest BCUT2D eigenvalue weighted by atomic mass is 35.5. The maximum Gasteiger partial charge on any atom is 0.332 e. The van der Waals surface area contributed by atoms with Crippen molar-refractivity contribution in [3.05, 3.63) is 70.4 Å². The molecule has 2 aromatic carbocycles. The lowest BCUT2D eigenvalue weighted by molar-refractivity contribution is -0.127. The number of rotatable bonds is 3. The van der Waals surface area contributed by atoms with Gasteiger partial charge in [-0.1, -0.05) is 41.4 Å². The summed E-state index contributed by atoms with van der Waals surface area (Å²) in [5.74, 6) is -0.245. The maximum absolute atomic E-state index is 13.0. The van der Waals surface area contributed by atoms with Crippen LogP contribution < -0.4 is 4.90 Å². The van der Waals surface area contributed by atoms with Crippen LogP contribution in [-0.2, 0) is 11.3 Å². The summed E-state index contributed by atoms with van der Waals surface area (Å²) >= 11 is 6.36. The van der Waals surface area contributed by atoms with Gasteiger partial charge < -0.3 is 0 Å². The third-order valence-corrected chi connectivity index (χ3v) is 5.41. The molecule has 3 amide bonds. The Kier molecular flexibility index (Phi) is 4.55. The summed E-state index contributed by atoms with van der Waals surface area (Å²) in [6.07, 6.45) is 0. The normalized spacial score (nSPS) is 17.1. The summed E-state index contributed by atoms with van der Waals surface area (Å²) in [5, 5.41) is 1.23. The van der Waals surface area contributed by atoms with Crippen molar-refractivity contribution in [2.24, 2.45) is 0 Å². The number of halogens is 1. The molecule has 1 fully saturated rings. The van der Waals surface area contributed by atoms with Crippen molar-refractivity contribution >= 4 is 40.1 Å². The van der Waals surface area contributed by atoms with Gasteiger partial charge in [-0.15, -0.1) is 0 Å². The van der Waals surface area contributed by atoms with E-state index in [0.29, 0.717) is 16.4 Å². The van der Waals surface area contributed by atoms with Crippen LogP contribution in [0.2, 0.25) is 5.15 Å². The zero-order valence-electron chi connectivity index (χ0n) is 15.9. The van der Waals surface area contributed by atoms with Crippen LogP contribution >= 0.6 is 11.6 Å². The molecule has 1 saturated heterocycles. The average molecular weight is 394 g/mol. The minimum Gasteiger partial charge on any atom is -0.282 e. The van der Waals surface area contributed by atoms with Gasteiger partial charge in [-0.3, -0.25) is 14.6 Å². The number of anilines is 1. The smallest absolute Gasteiger partial charge is 0.282 e. The Morgan fingerprint density at radius 3 is 2.39 bits per heavy atom. The van der Waals surface area contributed by atoms with Crippen molar-refractivity contribution < 1.29 is 9.59 Å². The molecule has 1 aliphatic rings. The molecule has 4 rings (SSSR count). The first-order chi connectivity index (χ1) is 13.3. The molecule has 0 unspecified atom stereocenters. The number of carbonyl (C=O) groups is 2. The summed E-state index contributed by atoms with van der Waals surface area (Å²) in [7, 11) is 0. The first kappa shape index (κ1) is 18.4. The largest absolute Gasteiger partial charge is 0.332 e. The van der Waals surface area contributed by atoms with Crippen LogP contribution in [0.5, 0.6) is 0 Å². The number of amides is 3. The number of carbonyl (C=O) groups excluding carboxylic acids is 2. The van der Waals surface area contributed by atoms with Crippen LogP contribution in [0.4, 0.5) is 10.5 Å². The Hall–Kier alpha value is -2.92. The zero-order chi connectivity index (χ0) is 20.0. The molecule has 0 saturated carbocycles. The van der Waals surface area contributed by atoms with E-state index >= 15 is 0 Å². The number of aryl methyl sites for hydroxylation is 2. The molecular weight excluding hydrogens is 374 g/mol. The Morgan fingerprint density at radius 1 is 1.00 bits per heavy atom. The van der Waals surface area contributed by atoms with E-state index in [4.69, 9.17) is 11.6 Å². The van der Waals surface area contributed by atoms with E-state index in [0.717, 1.165) is 22.0 Å². The van der Waals surface area contributed by atoms with Crippen LogP contribution in [0.3, 0.4) is 0 Å². The third kappa shape index (κ3) is 3.12. The Bertz CT molecular complexity index is 1090. The highest BCUT2D eigenvalue weighted by molar-refractivity contribution is 6.30. The highest BCUT2D eigenvalue weighted by Crippen LogP contribution is 2.29. The van der Waals surface area contributed by atoms with Crippen LogP contribution in [0.25, 0.3) is 10.9 Å². The highest BCUT2D eigenvalue weighted by Gasteiger charge is 2.43. The van der Waals surface area contributed by atoms with Crippen molar-refractivity contribution in [2.75, 3.05) is 4.90 Å². The summed E-state index contributed by atoms with van der Waals surface area (Å²) in [5.41, 5.74) is 4.34. The minimum absolute atomic E-state index is 0.0972. The van der Waals surface area contributed by atoms with Gasteiger partial charge >= 0.3 is 6.03 Å². The van der Waals surface area contributed by atoms with Gasteiger partial charge in [0.25, 0.3) is 5.91 Å². The number of benzene rings is 2. The van der Waals surface area contributed by atoms with Crippen LogP contribution in [0, 0.1) is 13.8 Å². The molecule has 0 spiro atoms. The lowest BCUT2D eigenvalue weighted by atomic mass is 10.1. The molecule has 1 aliphatic heterocycles. The lowest BCUT2D eigenvalue weighted by Crippen LogP contribution is -2.33. The summed E-state index contributed by atoms with van der Waals surface area (Å²) in [4.78, 5) is 33.0. The van der Waals surface area contributed by atoms with E-state index in [-0.39, 0.29) is 18.5 Å². The zero-order valence-corrected chi connectivity index (χ0v) is 16.7. The number of urea groups is 1. The number of hydrogen-bond donors (Lipinski definition) is 0. The molecule has 2 heterocycles. The van der Waals surface area contributed by atoms with Gasteiger partial charge in [0.15, 0.2) is 0 Å². The fourth-order valence-corrected chi connectivity index (χ4v) is 3.69. The van der Waals surface area contributed by atoms with Gasteiger partial charge in [-0.25, -0.2) is 9.78 Å². The third-order valence-electron chi connectivity index (χ3n) is 5.09. The predicted molar refractivity (Wildman–Crippen MR) is 111 cm³/mol. The Morgan fingerprint density at radius 2 is 1.68 bits per heavy atom. The predicted octanol–water partition coefficient (Wildman–Crippen LogP) is 4.86. The first-order valence-electron chi connectivity index (χ1n) is 9.12. The number of nitrogens with zero attached hydrogens (tertiary/aromatic N) is 3. The summed E-state index contributed by atoms with van der Waals surface area (Å²) < 4.78 is 0. The average Bonchev–Trinajstić information content (AvgIpc) is 2.87. The molecule has 0 bridgehead atoms. The van der Waals surface area contributed by atoms with E-state index < -0.39 is 6.04 Å². The molecule has 5 nitrogen and oxygen atoms in total. The standard InChI is InChI=1S/C22H20ClN3O2/c1-13-5-8-18(9-6-13)26-15(3)21(27)25(22(26)28)12-17-11-16-7-4-14(2)10-19(16)24-20(17)23/h4-11,15H,12H2,1-3H3/t15-/m0/s1. The number of hydrogen-bond acceptors (Lipinski definition) is 3. The Labute approximate surface area is 168 Å². The molecule has 0 N–H and O–H groups in total. The van der Waals surface area contributed by atoms with Crippen molar-refractivity contribution in [1.82, 2.24) is 9.88 Å². The van der Waals surface area contributed by atoms with E-state index in [1.165, 1.54) is 9.80 Å². The second kappa shape index (κ2) is 6.91. The molecule has 142 valence electrons. The number of fused-ring (bicyclic) bond motifs is 1. The van der Waals surface area contributed by atoms with Crippen molar-refractivity contribution in [2.45, 2.75) is 33.4 Å². The number of pyridine rings is 1. The monoisotopic (exact) mass is 393 g/mol. The topological polar surface area (TPSA) is 53.5 Å². The molecule has 1 atom stereocenters. The summed E-state index contributed by atoms with van der Waals surface area (Å²) in [6.45, 7) is 5.81. The van der Waals surface area contributed by atoms with Gasteiger partial charge in [0, 0.05) is 16.6 Å². The van der Waals surface area contributed by atoms with Crippen LogP contribution in [0.15, 0.2) is 48.5 Å². The molecule has 0 radical (unpaired) electrons. The second-order valence-electron chi connectivity index (χ2n) is 7.22. The number of imide groups is 1. The fraction of sp³-hybridized carbons (Fsp3) is 0.227. The SMILES string of the molecule is Cc1ccc(N2C(=O)N(Cc3cc4ccc(C)cc4nc3Cl)C(=O)[C@@H]2C)cc1. The van der Waals surface area contributed by atoms with Gasteiger partial charge in [-0.05, 0) is 50.6 Å². The van der Waals surface area contributed by atoms with Gasteiger partial charge in [-0.2, -0.15) is 0 Å². The molecule has 1 aromatic heterocycles. The van der Waals surface area contributed by atoms with Crippen LogP contribution in [-0.4, -0.2) is 27.9 Å². The van der Waals surface area contributed by atoms with Gasteiger partial charge in [0.05, 0.1) is 12.1 Å². The van der Waals surface area contributed by atoms with Gasteiger partial charge in [0.2, 0.25) is 0 Å². The lowest BCUT2D eigenvalue weighted by Gasteiger charge is -2.19. The van der Waals surface area contributed by atoms with E-state index in [1.807, 2.05) is 62.4 Å². The maximum atomic E-state index is 13.0. The molecular formula is C22H20ClN3O2. The quantitative estimate of drug-likeness (QED) is 0.471. The molecule has 3 aromatic rings. The van der Waals surface area contributed by atoms with E-state index in [2.05, 4.69) is 4.98 Å². The molecule has 6 heteroatoms. The fourth-order valence-electron chi connectivity index (χ4n) is 3.49.